The minimum Gasteiger partial charge on any atom is -0.503 e. The van der Waals surface area contributed by atoms with Crippen LogP contribution in [-0.2, 0) is 9.53 Å². The third-order valence-electron chi connectivity index (χ3n) is 3.61. The first-order valence-corrected chi connectivity index (χ1v) is 9.58. The monoisotopic (exact) mass is 430 g/mol. The second-order valence-corrected chi connectivity index (χ2v) is 7.09. The van der Waals surface area contributed by atoms with Gasteiger partial charge in [-0.15, -0.1) is 0 Å². The number of aromatic hydroxyl groups is 1. The smallest absolute Gasteiger partial charge is 0.338 e. The number of hydrogen-bond acceptors (Lipinski definition) is 6. The highest BCUT2D eigenvalue weighted by Gasteiger charge is 2.33. The molecule has 0 aliphatic carbocycles. The van der Waals surface area contributed by atoms with Gasteiger partial charge in [0.15, 0.2) is 11.5 Å². The highest BCUT2D eigenvalue weighted by atomic mass is 79.9. The van der Waals surface area contributed by atoms with Crippen LogP contribution in [0.1, 0.15) is 18.5 Å². The molecule has 0 aromatic heterocycles. The molecule has 0 saturated heterocycles. The van der Waals surface area contributed by atoms with Crippen LogP contribution in [0.2, 0.25) is 0 Å². The molecule has 1 aliphatic rings. The molecule has 7 nitrogen and oxygen atoms in total. The Labute approximate surface area is 158 Å². The lowest BCUT2D eigenvalue weighted by Gasteiger charge is -2.28. The number of urea groups is 1. The second kappa shape index (κ2) is 8.48. The van der Waals surface area contributed by atoms with Crippen molar-refractivity contribution in [3.63, 3.8) is 0 Å². The summed E-state index contributed by atoms with van der Waals surface area (Å²) in [6, 6.07) is 2.04. The van der Waals surface area contributed by atoms with Crippen LogP contribution in [0.4, 0.5) is 4.79 Å². The summed E-state index contributed by atoms with van der Waals surface area (Å²) in [6.45, 7) is 1.92. The first-order valence-electron chi connectivity index (χ1n) is 7.39. The summed E-state index contributed by atoms with van der Waals surface area (Å²) in [5.41, 5.74) is 1.30. The van der Waals surface area contributed by atoms with Crippen LogP contribution < -0.4 is 15.4 Å². The molecule has 1 heterocycles. The number of nitrogens with one attached hydrogen (secondary N) is 2. The van der Waals surface area contributed by atoms with Crippen molar-refractivity contribution >= 4 is 39.7 Å². The largest absolute Gasteiger partial charge is 0.503 e. The van der Waals surface area contributed by atoms with E-state index in [-0.39, 0.29) is 18.1 Å². The molecule has 1 atom stereocenters. The molecule has 0 unspecified atom stereocenters. The number of amides is 2. The van der Waals surface area contributed by atoms with Crippen LogP contribution in [0.25, 0.3) is 0 Å². The van der Waals surface area contributed by atoms with Crippen molar-refractivity contribution in [2.24, 2.45) is 0 Å². The molecule has 0 saturated carbocycles. The Morgan fingerprint density at radius 2 is 2.16 bits per heavy atom. The van der Waals surface area contributed by atoms with Gasteiger partial charge in [-0.05, 0) is 46.8 Å². The zero-order valence-electron chi connectivity index (χ0n) is 14.0. The molecule has 1 aliphatic heterocycles. The van der Waals surface area contributed by atoms with Gasteiger partial charge in [0.05, 0.1) is 23.2 Å². The predicted molar refractivity (Wildman–Crippen MR) is 98.8 cm³/mol. The Morgan fingerprint density at radius 3 is 2.80 bits per heavy atom. The molecule has 3 N–H and O–H groups in total. The first kappa shape index (κ1) is 19.5. The zero-order chi connectivity index (χ0) is 18.6. The van der Waals surface area contributed by atoms with Gasteiger partial charge < -0.3 is 25.2 Å². The van der Waals surface area contributed by atoms with Crippen molar-refractivity contribution in [1.29, 1.82) is 0 Å². The van der Waals surface area contributed by atoms with Crippen molar-refractivity contribution < 1.29 is 24.2 Å². The Kier molecular flexibility index (Phi) is 6.60. The maximum absolute atomic E-state index is 12.5. The molecule has 0 bridgehead atoms. The van der Waals surface area contributed by atoms with Crippen LogP contribution in [0.5, 0.6) is 11.5 Å². The van der Waals surface area contributed by atoms with E-state index in [2.05, 4.69) is 26.6 Å². The number of rotatable bonds is 6. The van der Waals surface area contributed by atoms with Crippen LogP contribution in [-0.4, -0.2) is 42.8 Å². The Hall–Kier alpha value is -1.87. The van der Waals surface area contributed by atoms with E-state index in [1.165, 1.54) is 7.11 Å². The molecule has 2 amide bonds. The summed E-state index contributed by atoms with van der Waals surface area (Å²) in [5, 5.41) is 15.3. The van der Waals surface area contributed by atoms with Crippen molar-refractivity contribution in [1.82, 2.24) is 10.6 Å². The lowest BCUT2D eigenvalue weighted by atomic mass is 9.95. The van der Waals surface area contributed by atoms with E-state index < -0.39 is 18.0 Å². The number of halogens is 1. The van der Waals surface area contributed by atoms with Crippen molar-refractivity contribution in [2.45, 2.75) is 13.0 Å². The first-order chi connectivity index (χ1) is 11.9. The molecule has 0 radical (unpaired) electrons. The number of methoxy groups -OCH3 is 1. The Morgan fingerprint density at radius 1 is 1.44 bits per heavy atom. The summed E-state index contributed by atoms with van der Waals surface area (Å²) in [6.07, 6.45) is 1.92. The van der Waals surface area contributed by atoms with Crippen LogP contribution in [0.15, 0.2) is 27.9 Å². The van der Waals surface area contributed by atoms with E-state index >= 15 is 0 Å². The van der Waals surface area contributed by atoms with Crippen LogP contribution in [0, 0.1) is 0 Å². The topological polar surface area (TPSA) is 96.9 Å². The maximum atomic E-state index is 12.5. The standard InChI is InChI=1S/C16H19BrN2O5S/c1-8-12(15(21)24-4-5-25-3)13(19-16(22)18-8)9-6-10(17)14(20)11(7-9)23-2/h6-7,13,20H,4-5H2,1-3H3,(H2,18,19,22)/t13-/m1/s1. The van der Waals surface area contributed by atoms with E-state index in [9.17, 15) is 14.7 Å². The SMILES string of the molecule is COc1cc([C@H]2NC(=O)NC(C)=C2C(=O)OCCSC)cc(Br)c1O. The average molecular weight is 431 g/mol. The molecule has 0 fully saturated rings. The number of phenolic OH excluding ortho intramolecular Hbond substituents is 1. The van der Waals surface area contributed by atoms with E-state index in [0.717, 1.165) is 0 Å². The van der Waals surface area contributed by atoms with Gasteiger partial charge in [0.1, 0.15) is 6.61 Å². The Bertz CT molecular complexity index is 723. The van der Waals surface area contributed by atoms with Crippen molar-refractivity contribution in [3.8, 4) is 11.5 Å². The number of ether oxygens (including phenoxy) is 2. The number of hydrogen-bond donors (Lipinski definition) is 3. The van der Waals surface area contributed by atoms with Gasteiger partial charge in [-0.25, -0.2) is 9.59 Å². The molecule has 0 spiro atoms. The third-order valence-corrected chi connectivity index (χ3v) is 4.79. The van der Waals surface area contributed by atoms with Crippen molar-refractivity contribution in [3.05, 3.63) is 33.4 Å². The number of carbonyl (C=O) groups is 2. The van der Waals surface area contributed by atoms with Gasteiger partial charge in [-0.1, -0.05) is 0 Å². The fraction of sp³-hybridized carbons (Fsp3) is 0.375. The number of allylic oxidation sites excluding steroid dienone is 1. The van der Waals surface area contributed by atoms with Gasteiger partial charge >= 0.3 is 12.0 Å². The summed E-state index contributed by atoms with van der Waals surface area (Å²) in [7, 11) is 1.42. The molecule has 136 valence electrons. The van der Waals surface area contributed by atoms with E-state index in [1.807, 2.05) is 6.26 Å². The summed E-state index contributed by atoms with van der Waals surface area (Å²) >= 11 is 4.82. The maximum Gasteiger partial charge on any atom is 0.338 e. The van der Waals surface area contributed by atoms with E-state index in [4.69, 9.17) is 9.47 Å². The second-order valence-electron chi connectivity index (χ2n) is 5.25. The highest BCUT2D eigenvalue weighted by molar-refractivity contribution is 9.10. The number of carbonyl (C=O) groups excluding carboxylic acids is 2. The highest BCUT2D eigenvalue weighted by Crippen LogP contribution is 2.39. The molecule has 1 aromatic carbocycles. The van der Waals surface area contributed by atoms with Gasteiger partial charge in [0.25, 0.3) is 0 Å². The molecule has 25 heavy (non-hydrogen) atoms. The normalized spacial score (nSPS) is 17.0. The molecule has 9 heteroatoms. The van der Waals surface area contributed by atoms with Crippen LogP contribution in [0.3, 0.4) is 0 Å². The van der Waals surface area contributed by atoms with E-state index in [1.54, 1.807) is 30.8 Å². The number of esters is 1. The fourth-order valence-electron chi connectivity index (χ4n) is 2.43. The van der Waals surface area contributed by atoms with Gasteiger partial charge in [-0.2, -0.15) is 11.8 Å². The summed E-state index contributed by atoms with van der Waals surface area (Å²) in [4.78, 5) is 24.4. The molecule has 1 aromatic rings. The van der Waals surface area contributed by atoms with Gasteiger partial charge in [0.2, 0.25) is 0 Å². The molecule has 2 rings (SSSR count). The Balaban J connectivity index is 2.42. The fourth-order valence-corrected chi connectivity index (χ4v) is 3.14. The average Bonchev–Trinajstić information content (AvgIpc) is 2.56. The molecular formula is C16H19BrN2O5S. The van der Waals surface area contributed by atoms with Gasteiger partial charge in [0, 0.05) is 11.4 Å². The predicted octanol–water partition coefficient (Wildman–Crippen LogP) is 2.70. The quantitative estimate of drug-likeness (QED) is 0.474. The van der Waals surface area contributed by atoms with E-state index in [0.29, 0.717) is 27.1 Å². The lowest BCUT2D eigenvalue weighted by molar-refractivity contribution is -0.138. The molecular weight excluding hydrogens is 412 g/mol. The number of thioether (sulfide) groups is 1. The van der Waals surface area contributed by atoms with Crippen LogP contribution >= 0.6 is 27.7 Å². The van der Waals surface area contributed by atoms with Gasteiger partial charge in [-0.3, -0.25) is 0 Å². The minimum absolute atomic E-state index is 0.0590. The lowest BCUT2D eigenvalue weighted by Crippen LogP contribution is -2.45. The summed E-state index contributed by atoms with van der Waals surface area (Å²) < 4.78 is 10.8. The minimum atomic E-state index is -0.721. The summed E-state index contributed by atoms with van der Waals surface area (Å²) in [5.74, 6) is 0.342. The number of phenols is 1. The van der Waals surface area contributed by atoms with Crippen molar-refractivity contribution in [2.75, 3.05) is 25.7 Å². The third kappa shape index (κ3) is 4.40. The zero-order valence-corrected chi connectivity index (χ0v) is 16.4. The number of benzene rings is 1.